The number of anilines is 1. The molecule has 2 aliphatic rings. The largest absolute Gasteiger partial charge is 0.497 e. The van der Waals surface area contributed by atoms with Crippen LogP contribution in [-0.2, 0) is 0 Å². The van der Waals surface area contributed by atoms with Crippen LogP contribution in [0.4, 0.5) is 5.69 Å². The third-order valence-electron chi connectivity index (χ3n) is 5.57. The van der Waals surface area contributed by atoms with Crippen LogP contribution in [0, 0.1) is 5.92 Å². The van der Waals surface area contributed by atoms with Crippen molar-refractivity contribution in [2.45, 2.75) is 25.8 Å². The van der Waals surface area contributed by atoms with Gasteiger partial charge in [0.15, 0.2) is 5.96 Å². The predicted molar refractivity (Wildman–Crippen MR) is 115 cm³/mol. The Morgan fingerprint density at radius 2 is 1.86 bits per heavy atom. The molecule has 2 saturated heterocycles. The first-order chi connectivity index (χ1) is 13.6. The minimum atomic E-state index is 0.376. The van der Waals surface area contributed by atoms with Crippen molar-refractivity contribution in [3.63, 3.8) is 0 Å². The van der Waals surface area contributed by atoms with Crippen molar-refractivity contribution < 1.29 is 9.47 Å². The summed E-state index contributed by atoms with van der Waals surface area (Å²) in [6, 6.07) is 6.43. The molecule has 1 aromatic carbocycles. The van der Waals surface area contributed by atoms with Crippen LogP contribution in [0.15, 0.2) is 23.2 Å². The van der Waals surface area contributed by atoms with Crippen LogP contribution in [0.1, 0.15) is 19.8 Å². The maximum Gasteiger partial charge on any atom is 0.191 e. The molecule has 7 heteroatoms. The minimum Gasteiger partial charge on any atom is -0.497 e. The zero-order valence-corrected chi connectivity index (χ0v) is 17.7. The fraction of sp³-hybridized carbons (Fsp3) is 0.667. The van der Waals surface area contributed by atoms with Gasteiger partial charge < -0.3 is 29.9 Å². The maximum atomic E-state index is 5.41. The highest BCUT2D eigenvalue weighted by atomic mass is 16.5. The minimum absolute atomic E-state index is 0.376. The number of nitrogens with one attached hydrogen (secondary N) is 2. The fourth-order valence-electron chi connectivity index (χ4n) is 4.00. The highest BCUT2D eigenvalue weighted by molar-refractivity contribution is 5.80. The Morgan fingerprint density at radius 3 is 2.46 bits per heavy atom. The van der Waals surface area contributed by atoms with Gasteiger partial charge in [-0.15, -0.1) is 0 Å². The van der Waals surface area contributed by atoms with Gasteiger partial charge in [0.25, 0.3) is 0 Å². The molecule has 2 N–H and O–H groups in total. The van der Waals surface area contributed by atoms with Crippen LogP contribution >= 0.6 is 0 Å². The molecule has 2 heterocycles. The van der Waals surface area contributed by atoms with Gasteiger partial charge in [-0.05, 0) is 39.3 Å². The van der Waals surface area contributed by atoms with Gasteiger partial charge in [-0.2, -0.15) is 0 Å². The number of hydrogen-bond acceptors (Lipinski definition) is 5. The first-order valence-corrected chi connectivity index (χ1v) is 10.3. The number of benzene rings is 1. The van der Waals surface area contributed by atoms with Gasteiger partial charge in [-0.1, -0.05) is 0 Å². The normalized spacial score (nSPS) is 23.1. The number of guanidine groups is 1. The van der Waals surface area contributed by atoms with Crippen LogP contribution in [0.2, 0.25) is 0 Å². The highest BCUT2D eigenvalue weighted by Crippen LogP contribution is 2.30. The van der Waals surface area contributed by atoms with Crippen LogP contribution in [0.5, 0.6) is 11.5 Å². The topological polar surface area (TPSA) is 61.4 Å². The van der Waals surface area contributed by atoms with Crippen molar-refractivity contribution in [3.05, 3.63) is 18.2 Å². The Morgan fingerprint density at radius 1 is 1.11 bits per heavy atom. The van der Waals surface area contributed by atoms with Gasteiger partial charge in [0.2, 0.25) is 0 Å². The van der Waals surface area contributed by atoms with E-state index in [1.165, 1.54) is 13.0 Å². The van der Waals surface area contributed by atoms with Gasteiger partial charge in [0, 0.05) is 62.7 Å². The van der Waals surface area contributed by atoms with Gasteiger partial charge >= 0.3 is 0 Å². The lowest BCUT2D eigenvalue weighted by atomic mass is 10.1. The lowest BCUT2D eigenvalue weighted by Gasteiger charge is -2.21. The zero-order valence-electron chi connectivity index (χ0n) is 17.7. The first kappa shape index (κ1) is 20.6. The summed E-state index contributed by atoms with van der Waals surface area (Å²) >= 11 is 0. The van der Waals surface area contributed by atoms with Gasteiger partial charge in [0.05, 0.1) is 14.2 Å². The Bertz CT molecular complexity index is 644. The SMILES string of the molecule is CCNC(=NCC1CCN(C)C1)NC1CCN(c2cc(OC)cc(OC)c2)C1. The maximum absolute atomic E-state index is 5.41. The van der Waals surface area contributed by atoms with Crippen molar-refractivity contribution in [2.24, 2.45) is 10.9 Å². The van der Waals surface area contributed by atoms with E-state index in [0.717, 1.165) is 62.3 Å². The van der Waals surface area contributed by atoms with E-state index in [1.807, 2.05) is 6.07 Å². The van der Waals surface area contributed by atoms with Crippen molar-refractivity contribution in [3.8, 4) is 11.5 Å². The molecule has 28 heavy (non-hydrogen) atoms. The fourth-order valence-corrected chi connectivity index (χ4v) is 4.00. The van der Waals surface area contributed by atoms with Crippen LogP contribution in [0.25, 0.3) is 0 Å². The summed E-state index contributed by atoms with van der Waals surface area (Å²) in [5, 5.41) is 7.03. The molecule has 3 rings (SSSR count). The van der Waals surface area contributed by atoms with Crippen LogP contribution < -0.4 is 25.0 Å². The smallest absolute Gasteiger partial charge is 0.191 e. The van der Waals surface area contributed by atoms with Crippen molar-refractivity contribution in [2.75, 3.05) is 65.4 Å². The summed E-state index contributed by atoms with van der Waals surface area (Å²) < 4.78 is 10.8. The third-order valence-corrected chi connectivity index (χ3v) is 5.57. The summed E-state index contributed by atoms with van der Waals surface area (Å²) in [5.74, 6) is 3.25. The van der Waals surface area contributed by atoms with E-state index in [2.05, 4.69) is 46.5 Å². The highest BCUT2D eigenvalue weighted by Gasteiger charge is 2.25. The number of rotatable bonds is 7. The van der Waals surface area contributed by atoms with E-state index in [4.69, 9.17) is 14.5 Å². The monoisotopic (exact) mass is 389 g/mol. The summed E-state index contributed by atoms with van der Waals surface area (Å²) in [6.45, 7) is 8.16. The summed E-state index contributed by atoms with van der Waals surface area (Å²) in [6.07, 6.45) is 2.32. The molecule has 7 nitrogen and oxygen atoms in total. The molecule has 1 aromatic rings. The van der Waals surface area contributed by atoms with Gasteiger partial charge in [0.1, 0.15) is 11.5 Å². The molecule has 0 aliphatic carbocycles. The number of aliphatic imine (C=N–C) groups is 1. The summed E-state index contributed by atoms with van der Waals surface area (Å²) in [5.41, 5.74) is 1.14. The molecule has 0 saturated carbocycles. The number of methoxy groups -OCH3 is 2. The van der Waals surface area contributed by atoms with E-state index in [0.29, 0.717) is 12.0 Å². The number of nitrogens with zero attached hydrogens (tertiary/aromatic N) is 3. The van der Waals surface area contributed by atoms with Crippen molar-refractivity contribution in [1.82, 2.24) is 15.5 Å². The molecule has 2 unspecified atom stereocenters. The molecule has 0 bridgehead atoms. The van der Waals surface area contributed by atoms with Crippen LogP contribution in [0.3, 0.4) is 0 Å². The molecule has 156 valence electrons. The predicted octanol–water partition coefficient (Wildman–Crippen LogP) is 1.79. The Labute approximate surface area is 169 Å². The van der Waals surface area contributed by atoms with E-state index in [9.17, 15) is 0 Å². The summed E-state index contributed by atoms with van der Waals surface area (Å²) in [4.78, 5) is 9.62. The lowest BCUT2D eigenvalue weighted by molar-refractivity contribution is 0.394. The molecule has 0 spiro atoms. The standard InChI is InChI=1S/C21H35N5O2/c1-5-22-21(23-13-16-6-8-25(2)14-16)24-17-7-9-26(15-17)18-10-19(27-3)12-20(11-18)28-4/h10-12,16-17H,5-9,13-15H2,1-4H3,(H2,22,23,24). The first-order valence-electron chi connectivity index (χ1n) is 10.3. The Hall–Kier alpha value is -2.15. The molecule has 0 aromatic heterocycles. The Balaban J connectivity index is 1.59. The van der Waals surface area contributed by atoms with Crippen molar-refractivity contribution >= 4 is 11.6 Å². The van der Waals surface area contributed by atoms with Crippen molar-refractivity contribution in [1.29, 1.82) is 0 Å². The number of ether oxygens (including phenoxy) is 2. The van der Waals surface area contributed by atoms with E-state index < -0.39 is 0 Å². The van der Waals surface area contributed by atoms with Crippen LogP contribution in [-0.4, -0.2) is 77.4 Å². The second-order valence-electron chi connectivity index (χ2n) is 7.78. The number of hydrogen-bond donors (Lipinski definition) is 2. The molecule has 2 atom stereocenters. The van der Waals surface area contributed by atoms with E-state index >= 15 is 0 Å². The molecule has 2 aliphatic heterocycles. The van der Waals surface area contributed by atoms with Gasteiger partial charge in [-0.3, -0.25) is 4.99 Å². The third kappa shape index (κ3) is 5.44. The van der Waals surface area contributed by atoms with E-state index in [1.54, 1.807) is 14.2 Å². The molecule has 0 amide bonds. The van der Waals surface area contributed by atoms with E-state index in [-0.39, 0.29) is 0 Å². The van der Waals surface area contributed by atoms with Gasteiger partial charge in [-0.25, -0.2) is 0 Å². The molecule has 0 radical (unpaired) electrons. The lowest BCUT2D eigenvalue weighted by Crippen LogP contribution is -2.45. The second-order valence-corrected chi connectivity index (χ2v) is 7.78. The average molecular weight is 390 g/mol. The average Bonchev–Trinajstić information content (AvgIpc) is 3.34. The molecule has 2 fully saturated rings. The quantitative estimate of drug-likeness (QED) is 0.548. The number of likely N-dealkylation sites (tertiary alicyclic amines) is 1. The summed E-state index contributed by atoms with van der Waals surface area (Å²) in [7, 11) is 5.57. The molecular formula is C21H35N5O2. The second kappa shape index (κ2) is 9.87. The Kier molecular flexibility index (Phi) is 7.25. The molecular weight excluding hydrogens is 354 g/mol. The zero-order chi connectivity index (χ0) is 19.9.